The molecule has 5 rings (SSSR count). The first kappa shape index (κ1) is 24.7. The Balaban J connectivity index is 1.30. The molecular formula is C24H30ClFN4O4. The fourth-order valence-electron chi connectivity index (χ4n) is 5.54. The van der Waals surface area contributed by atoms with Crippen LogP contribution in [0.15, 0.2) is 18.2 Å². The minimum absolute atomic E-state index is 0.0288. The van der Waals surface area contributed by atoms with Crippen LogP contribution in [0, 0.1) is 23.1 Å². The summed E-state index contributed by atoms with van der Waals surface area (Å²) in [7, 11) is 0. The third-order valence-electron chi connectivity index (χ3n) is 7.68. The van der Waals surface area contributed by atoms with Gasteiger partial charge >= 0.3 is 0 Å². The van der Waals surface area contributed by atoms with Gasteiger partial charge in [-0.05, 0) is 64.0 Å². The summed E-state index contributed by atoms with van der Waals surface area (Å²) in [6.07, 6.45) is 3.16. The molecule has 0 spiro atoms. The number of benzene rings is 1. The van der Waals surface area contributed by atoms with Gasteiger partial charge in [0.05, 0.1) is 34.7 Å². The summed E-state index contributed by atoms with van der Waals surface area (Å²) in [5.41, 5.74) is -1.27. The van der Waals surface area contributed by atoms with E-state index in [-0.39, 0.29) is 41.3 Å². The number of nitrogens with zero attached hydrogens (tertiary/aromatic N) is 1. The first-order valence-corrected chi connectivity index (χ1v) is 12.1. The number of carbonyl (C=O) groups excluding carboxylic acids is 2. The van der Waals surface area contributed by atoms with E-state index in [1.807, 2.05) is 6.92 Å². The van der Waals surface area contributed by atoms with Crippen LogP contribution in [-0.4, -0.2) is 52.8 Å². The van der Waals surface area contributed by atoms with Crippen LogP contribution in [0.25, 0.3) is 0 Å². The van der Waals surface area contributed by atoms with Gasteiger partial charge in [0.15, 0.2) is 6.61 Å². The molecule has 4 fully saturated rings. The zero-order valence-corrected chi connectivity index (χ0v) is 19.8. The third-order valence-corrected chi connectivity index (χ3v) is 7.98. The average molecular weight is 493 g/mol. The van der Waals surface area contributed by atoms with Crippen molar-refractivity contribution < 1.29 is 23.8 Å². The number of ether oxygens (including phenoxy) is 1. The van der Waals surface area contributed by atoms with Crippen LogP contribution in [0.3, 0.4) is 0 Å². The number of hydrogen-bond donors (Lipinski definition) is 4. The smallest absolute Gasteiger partial charge is 0.258 e. The highest BCUT2D eigenvalue weighted by molar-refractivity contribution is 6.30. The largest absolute Gasteiger partial charge is 0.484 e. The van der Waals surface area contributed by atoms with Crippen LogP contribution in [0.2, 0.25) is 5.02 Å². The van der Waals surface area contributed by atoms with Crippen molar-refractivity contribution >= 4 is 23.4 Å². The van der Waals surface area contributed by atoms with Crippen molar-refractivity contribution in [2.24, 2.45) is 5.92 Å². The lowest BCUT2D eigenvalue weighted by atomic mass is 9.59. The summed E-state index contributed by atoms with van der Waals surface area (Å²) < 4.78 is 18.9. The van der Waals surface area contributed by atoms with Crippen LogP contribution in [-0.2, 0) is 9.59 Å². The summed E-state index contributed by atoms with van der Waals surface area (Å²) in [5, 5.41) is 29.4. The molecule has 8 nitrogen and oxygen atoms in total. The minimum atomic E-state index is -0.812. The maximum atomic E-state index is 13.6. The van der Waals surface area contributed by atoms with E-state index in [1.165, 1.54) is 12.1 Å². The van der Waals surface area contributed by atoms with Gasteiger partial charge in [-0.1, -0.05) is 11.6 Å². The van der Waals surface area contributed by atoms with Gasteiger partial charge in [-0.2, -0.15) is 5.26 Å². The molecule has 2 amide bonds. The van der Waals surface area contributed by atoms with E-state index in [0.717, 1.165) is 6.07 Å². The highest BCUT2D eigenvalue weighted by Crippen LogP contribution is 2.47. The molecule has 184 valence electrons. The highest BCUT2D eigenvalue weighted by Gasteiger charge is 2.55. The normalized spacial score (nSPS) is 34.7. The van der Waals surface area contributed by atoms with Gasteiger partial charge in [-0.3, -0.25) is 9.59 Å². The lowest BCUT2D eigenvalue weighted by Gasteiger charge is -2.56. The molecule has 4 unspecified atom stereocenters. The molecule has 2 bridgehead atoms. The van der Waals surface area contributed by atoms with E-state index < -0.39 is 28.9 Å². The standard InChI is InChI=1S/C24H30ClFN4O4/c1-14-15(12-27)2-5-19(28-14)22(33)30-23-6-8-24(9-7-23,20(31)11-23)29-21(32)13-34-16-3-4-17(25)18(26)10-16/h3-4,10,14-15,19-20,28,31H,2,5-9,11,13H2,1H3,(H,29,32)(H,30,33). The first-order chi connectivity index (χ1) is 16.2. The number of carbonyl (C=O) groups is 2. The van der Waals surface area contributed by atoms with Crippen molar-refractivity contribution in [3.8, 4) is 11.8 Å². The lowest BCUT2D eigenvalue weighted by molar-refractivity contribution is -0.137. The van der Waals surface area contributed by atoms with Crippen molar-refractivity contribution in [1.82, 2.24) is 16.0 Å². The Labute approximate surface area is 203 Å². The van der Waals surface area contributed by atoms with E-state index >= 15 is 0 Å². The molecule has 0 aromatic heterocycles. The van der Waals surface area contributed by atoms with Gasteiger partial charge in [-0.25, -0.2) is 4.39 Å². The third kappa shape index (κ3) is 4.99. The van der Waals surface area contributed by atoms with Crippen molar-refractivity contribution in [1.29, 1.82) is 5.26 Å². The van der Waals surface area contributed by atoms with Gasteiger partial charge in [-0.15, -0.1) is 0 Å². The molecule has 1 aromatic rings. The number of rotatable bonds is 6. The van der Waals surface area contributed by atoms with Crippen LogP contribution in [0.4, 0.5) is 4.39 Å². The van der Waals surface area contributed by atoms with Crippen LogP contribution in [0.1, 0.15) is 51.9 Å². The highest BCUT2D eigenvalue weighted by atomic mass is 35.5. The van der Waals surface area contributed by atoms with Gasteiger partial charge in [0.25, 0.3) is 5.91 Å². The van der Waals surface area contributed by atoms with E-state index in [0.29, 0.717) is 44.9 Å². The maximum absolute atomic E-state index is 13.6. The summed E-state index contributed by atoms with van der Waals surface area (Å²) in [5.74, 6) is -1.04. The summed E-state index contributed by atoms with van der Waals surface area (Å²) in [4.78, 5) is 25.5. The predicted molar refractivity (Wildman–Crippen MR) is 122 cm³/mol. The van der Waals surface area contributed by atoms with Crippen molar-refractivity contribution in [3.63, 3.8) is 0 Å². The number of fused-ring (bicyclic) bond motifs is 3. The molecule has 1 aromatic carbocycles. The molecule has 34 heavy (non-hydrogen) atoms. The summed E-state index contributed by atoms with van der Waals surface area (Å²) in [6.45, 7) is 1.60. The Morgan fingerprint density at radius 2 is 2.03 bits per heavy atom. The van der Waals surface area contributed by atoms with Crippen molar-refractivity contribution in [2.75, 3.05) is 6.61 Å². The number of aliphatic hydroxyl groups excluding tert-OH is 1. The summed E-state index contributed by atoms with van der Waals surface area (Å²) in [6, 6.07) is 5.82. The zero-order valence-electron chi connectivity index (χ0n) is 19.1. The Morgan fingerprint density at radius 3 is 2.65 bits per heavy atom. The average Bonchev–Trinajstić information content (AvgIpc) is 2.81. The summed E-state index contributed by atoms with van der Waals surface area (Å²) >= 11 is 5.66. The number of halogens is 2. The van der Waals surface area contributed by atoms with Gasteiger partial charge in [0, 0.05) is 17.6 Å². The molecule has 1 aliphatic heterocycles. The molecule has 4 atom stereocenters. The molecule has 10 heteroatoms. The van der Waals surface area contributed by atoms with E-state index in [1.54, 1.807) is 0 Å². The van der Waals surface area contributed by atoms with Crippen molar-refractivity contribution in [3.05, 3.63) is 29.0 Å². The zero-order chi connectivity index (χ0) is 24.5. The Bertz CT molecular complexity index is 992. The van der Waals surface area contributed by atoms with Crippen LogP contribution < -0.4 is 20.7 Å². The lowest BCUT2D eigenvalue weighted by Crippen LogP contribution is -2.71. The van der Waals surface area contributed by atoms with Gasteiger partial charge < -0.3 is 25.8 Å². The molecular weight excluding hydrogens is 463 g/mol. The molecule has 3 saturated carbocycles. The second kappa shape index (κ2) is 9.68. The Morgan fingerprint density at radius 1 is 1.29 bits per heavy atom. The molecule has 1 saturated heterocycles. The minimum Gasteiger partial charge on any atom is -0.484 e. The van der Waals surface area contributed by atoms with Gasteiger partial charge in [0.1, 0.15) is 11.6 Å². The number of piperidine rings is 1. The topological polar surface area (TPSA) is 123 Å². The Hall–Kier alpha value is -2.41. The second-order valence-electron chi connectivity index (χ2n) is 9.88. The number of aliphatic hydroxyl groups is 1. The van der Waals surface area contributed by atoms with Gasteiger partial charge in [0.2, 0.25) is 5.91 Å². The molecule has 4 N–H and O–H groups in total. The monoisotopic (exact) mass is 492 g/mol. The quantitative estimate of drug-likeness (QED) is 0.482. The fraction of sp³-hybridized carbons (Fsp3) is 0.625. The van der Waals surface area contributed by atoms with E-state index in [9.17, 15) is 24.3 Å². The van der Waals surface area contributed by atoms with E-state index in [4.69, 9.17) is 16.3 Å². The Kier molecular flexibility index (Phi) is 7.04. The molecule has 4 aliphatic rings. The van der Waals surface area contributed by atoms with E-state index in [2.05, 4.69) is 22.0 Å². The van der Waals surface area contributed by atoms with Crippen LogP contribution in [0.5, 0.6) is 5.75 Å². The molecule has 0 radical (unpaired) electrons. The molecule has 1 heterocycles. The fourth-order valence-corrected chi connectivity index (χ4v) is 5.65. The number of nitriles is 1. The number of amides is 2. The molecule has 3 aliphatic carbocycles. The number of hydrogen-bond acceptors (Lipinski definition) is 6. The maximum Gasteiger partial charge on any atom is 0.258 e. The van der Waals surface area contributed by atoms with Crippen molar-refractivity contribution in [2.45, 2.75) is 81.1 Å². The number of nitrogens with one attached hydrogen (secondary N) is 3. The SMILES string of the molecule is CC1NC(C(=O)NC23CCC(NC(=O)COc4ccc(Cl)c(F)c4)(CC2)C(O)C3)CCC1C#N. The predicted octanol–water partition coefficient (Wildman–Crippen LogP) is 2.19. The second-order valence-corrected chi connectivity index (χ2v) is 10.3. The first-order valence-electron chi connectivity index (χ1n) is 11.7. The van der Waals surface area contributed by atoms with Crippen LogP contribution >= 0.6 is 11.6 Å².